The Labute approximate surface area is 148 Å². The zero-order valence-electron chi connectivity index (χ0n) is 15.6. The summed E-state index contributed by atoms with van der Waals surface area (Å²) in [6.45, 7) is 8.34. The molecule has 1 aromatic carbocycles. The van der Waals surface area contributed by atoms with Gasteiger partial charge in [-0.15, -0.1) is 0 Å². The van der Waals surface area contributed by atoms with E-state index in [4.69, 9.17) is 9.26 Å². The number of nitrogens with one attached hydrogen (secondary N) is 2. The van der Waals surface area contributed by atoms with Crippen LogP contribution in [0.3, 0.4) is 0 Å². The maximum Gasteiger partial charge on any atom is 0.315 e. The van der Waals surface area contributed by atoms with Crippen LogP contribution in [-0.2, 0) is 12.8 Å². The topological polar surface area (TPSA) is 76.4 Å². The van der Waals surface area contributed by atoms with E-state index >= 15 is 0 Å². The molecule has 1 atom stereocenters. The lowest BCUT2D eigenvalue weighted by atomic mass is 10.1. The van der Waals surface area contributed by atoms with E-state index in [1.54, 1.807) is 7.11 Å². The minimum atomic E-state index is -0.168. The van der Waals surface area contributed by atoms with Crippen molar-refractivity contribution < 1.29 is 14.1 Å². The predicted molar refractivity (Wildman–Crippen MR) is 97.1 cm³/mol. The molecule has 0 aliphatic rings. The standard InChI is InChI=1S/C19H27N3O3/c1-12-6-7-16(11-18(12)24-5)8-9-20-19(23)21-13(2)10-17-14(3)22-25-15(17)4/h6-7,11,13H,8-10H2,1-5H3,(H2,20,21,23)/t13-/m1/s1. The molecular formula is C19H27N3O3. The minimum Gasteiger partial charge on any atom is -0.496 e. The fourth-order valence-electron chi connectivity index (χ4n) is 2.77. The number of benzene rings is 1. The van der Waals surface area contributed by atoms with Crippen molar-refractivity contribution in [3.05, 3.63) is 46.3 Å². The number of hydrogen-bond donors (Lipinski definition) is 2. The van der Waals surface area contributed by atoms with Crippen molar-refractivity contribution >= 4 is 6.03 Å². The maximum absolute atomic E-state index is 12.0. The van der Waals surface area contributed by atoms with Gasteiger partial charge in [0.2, 0.25) is 0 Å². The molecule has 1 aromatic heterocycles. The van der Waals surface area contributed by atoms with Gasteiger partial charge in [-0.05, 0) is 57.7 Å². The van der Waals surface area contributed by atoms with Gasteiger partial charge in [-0.2, -0.15) is 0 Å². The third-order valence-corrected chi connectivity index (χ3v) is 4.24. The van der Waals surface area contributed by atoms with Gasteiger partial charge in [-0.1, -0.05) is 17.3 Å². The SMILES string of the molecule is COc1cc(CCNC(=O)N[C@H](C)Cc2c(C)noc2C)ccc1C. The fraction of sp³-hybridized carbons (Fsp3) is 0.474. The first-order valence-corrected chi connectivity index (χ1v) is 8.50. The summed E-state index contributed by atoms with van der Waals surface area (Å²) in [6, 6.07) is 5.92. The third kappa shape index (κ3) is 5.24. The molecule has 25 heavy (non-hydrogen) atoms. The Kier molecular flexibility index (Phi) is 6.44. The first-order valence-electron chi connectivity index (χ1n) is 8.50. The number of nitrogens with zero attached hydrogens (tertiary/aromatic N) is 1. The summed E-state index contributed by atoms with van der Waals surface area (Å²) in [7, 11) is 1.66. The average Bonchev–Trinajstić information content (AvgIpc) is 2.88. The summed E-state index contributed by atoms with van der Waals surface area (Å²) in [5, 5.41) is 9.78. The highest BCUT2D eigenvalue weighted by Gasteiger charge is 2.14. The van der Waals surface area contributed by atoms with E-state index in [9.17, 15) is 4.79 Å². The molecule has 136 valence electrons. The van der Waals surface area contributed by atoms with E-state index in [-0.39, 0.29) is 12.1 Å². The van der Waals surface area contributed by atoms with Crippen molar-refractivity contribution in [3.8, 4) is 5.75 Å². The number of rotatable bonds is 7. The van der Waals surface area contributed by atoms with Gasteiger partial charge in [0.25, 0.3) is 0 Å². The Hall–Kier alpha value is -2.50. The molecule has 2 N–H and O–H groups in total. The van der Waals surface area contributed by atoms with E-state index in [1.165, 1.54) is 0 Å². The van der Waals surface area contributed by atoms with E-state index in [2.05, 4.69) is 21.9 Å². The van der Waals surface area contributed by atoms with Gasteiger partial charge in [-0.25, -0.2) is 4.79 Å². The number of aromatic nitrogens is 1. The average molecular weight is 345 g/mol. The van der Waals surface area contributed by atoms with Crippen molar-refractivity contribution in [2.24, 2.45) is 0 Å². The van der Waals surface area contributed by atoms with Crippen LogP contribution >= 0.6 is 0 Å². The normalized spacial score (nSPS) is 11.9. The van der Waals surface area contributed by atoms with Crippen molar-refractivity contribution in [3.63, 3.8) is 0 Å². The molecule has 6 nitrogen and oxygen atoms in total. The van der Waals surface area contributed by atoms with Gasteiger partial charge < -0.3 is 19.9 Å². The molecule has 0 aliphatic heterocycles. The molecule has 0 bridgehead atoms. The summed E-state index contributed by atoms with van der Waals surface area (Å²) in [6.07, 6.45) is 1.45. The number of hydrogen-bond acceptors (Lipinski definition) is 4. The first kappa shape index (κ1) is 18.8. The highest BCUT2D eigenvalue weighted by molar-refractivity contribution is 5.74. The number of ether oxygens (including phenoxy) is 1. The molecule has 0 saturated heterocycles. The highest BCUT2D eigenvalue weighted by atomic mass is 16.5. The second-order valence-corrected chi connectivity index (χ2v) is 6.36. The quantitative estimate of drug-likeness (QED) is 0.808. The number of aryl methyl sites for hydroxylation is 3. The van der Waals surface area contributed by atoms with E-state index in [0.717, 1.165) is 40.3 Å². The fourth-order valence-corrected chi connectivity index (χ4v) is 2.77. The lowest BCUT2D eigenvalue weighted by molar-refractivity contribution is 0.238. The third-order valence-electron chi connectivity index (χ3n) is 4.24. The Bertz CT molecular complexity index is 705. The molecule has 0 spiro atoms. The van der Waals surface area contributed by atoms with Crippen molar-refractivity contribution in [1.82, 2.24) is 15.8 Å². The maximum atomic E-state index is 12.0. The van der Waals surface area contributed by atoms with Crippen molar-refractivity contribution in [2.45, 2.75) is 46.6 Å². The molecule has 0 saturated carbocycles. The van der Waals surface area contributed by atoms with E-state index < -0.39 is 0 Å². The van der Waals surface area contributed by atoms with Gasteiger partial charge in [0, 0.05) is 18.2 Å². The van der Waals surface area contributed by atoms with Crippen LogP contribution in [0.1, 0.15) is 35.1 Å². The monoisotopic (exact) mass is 345 g/mol. The Balaban J connectivity index is 1.77. The van der Waals surface area contributed by atoms with Crippen LogP contribution in [0.2, 0.25) is 0 Å². The van der Waals surface area contributed by atoms with Crippen molar-refractivity contribution in [2.75, 3.05) is 13.7 Å². The van der Waals surface area contributed by atoms with Gasteiger partial charge in [-0.3, -0.25) is 0 Å². The summed E-state index contributed by atoms with van der Waals surface area (Å²) < 4.78 is 10.5. The first-order chi connectivity index (χ1) is 11.9. The number of carbonyl (C=O) groups excluding carboxylic acids is 1. The smallest absolute Gasteiger partial charge is 0.315 e. The highest BCUT2D eigenvalue weighted by Crippen LogP contribution is 2.19. The van der Waals surface area contributed by atoms with Gasteiger partial charge in [0.15, 0.2) is 0 Å². The van der Waals surface area contributed by atoms with Crippen LogP contribution in [0, 0.1) is 20.8 Å². The number of methoxy groups -OCH3 is 1. The van der Waals surface area contributed by atoms with Crippen LogP contribution < -0.4 is 15.4 Å². The van der Waals surface area contributed by atoms with E-state index in [0.29, 0.717) is 13.0 Å². The molecule has 2 aromatic rings. The Morgan fingerprint density at radius 3 is 2.72 bits per heavy atom. The second-order valence-electron chi connectivity index (χ2n) is 6.36. The Morgan fingerprint density at radius 1 is 1.32 bits per heavy atom. The molecular weight excluding hydrogens is 318 g/mol. The minimum absolute atomic E-state index is 0.00345. The number of carbonyl (C=O) groups is 1. The molecule has 0 fully saturated rings. The Morgan fingerprint density at radius 2 is 2.08 bits per heavy atom. The zero-order chi connectivity index (χ0) is 18.4. The molecule has 0 unspecified atom stereocenters. The van der Waals surface area contributed by atoms with Crippen LogP contribution in [0.5, 0.6) is 5.75 Å². The van der Waals surface area contributed by atoms with E-state index in [1.807, 2.05) is 39.8 Å². The summed E-state index contributed by atoms with van der Waals surface area (Å²) in [5.41, 5.74) is 4.16. The molecule has 0 aliphatic carbocycles. The largest absolute Gasteiger partial charge is 0.496 e. The summed E-state index contributed by atoms with van der Waals surface area (Å²) in [5.74, 6) is 1.68. The lowest BCUT2D eigenvalue weighted by Crippen LogP contribution is -2.42. The number of amides is 2. The van der Waals surface area contributed by atoms with Crippen LogP contribution in [0.25, 0.3) is 0 Å². The molecule has 2 amide bonds. The molecule has 2 rings (SSSR count). The van der Waals surface area contributed by atoms with Crippen LogP contribution in [0.15, 0.2) is 22.7 Å². The number of urea groups is 1. The van der Waals surface area contributed by atoms with Gasteiger partial charge in [0.05, 0.1) is 12.8 Å². The van der Waals surface area contributed by atoms with Crippen LogP contribution in [-0.4, -0.2) is 30.9 Å². The van der Waals surface area contributed by atoms with Crippen molar-refractivity contribution in [1.29, 1.82) is 0 Å². The summed E-state index contributed by atoms with van der Waals surface area (Å²) >= 11 is 0. The predicted octanol–water partition coefficient (Wildman–Crippen LogP) is 3.08. The summed E-state index contributed by atoms with van der Waals surface area (Å²) in [4.78, 5) is 12.0. The molecule has 6 heteroatoms. The van der Waals surface area contributed by atoms with Gasteiger partial charge in [0.1, 0.15) is 11.5 Å². The molecule has 0 radical (unpaired) electrons. The second kappa shape index (κ2) is 8.55. The molecule has 1 heterocycles. The lowest BCUT2D eigenvalue weighted by Gasteiger charge is -2.15. The van der Waals surface area contributed by atoms with Gasteiger partial charge >= 0.3 is 6.03 Å². The zero-order valence-corrected chi connectivity index (χ0v) is 15.6. The van der Waals surface area contributed by atoms with Crippen LogP contribution in [0.4, 0.5) is 4.79 Å².